The molecule has 0 aromatic carbocycles. The minimum absolute atomic E-state index is 0.0257. The Hall–Kier alpha value is -1.30. The van der Waals surface area contributed by atoms with Gasteiger partial charge in [-0.25, -0.2) is 0 Å². The fourth-order valence-electron chi connectivity index (χ4n) is 1.83. The van der Waals surface area contributed by atoms with Crippen LogP contribution in [0.5, 0.6) is 0 Å². The third-order valence-electron chi connectivity index (χ3n) is 2.67. The second kappa shape index (κ2) is 5.43. The summed E-state index contributed by atoms with van der Waals surface area (Å²) in [5.74, 6) is -1.12. The molecule has 14 heavy (non-hydrogen) atoms. The van der Waals surface area contributed by atoms with Gasteiger partial charge in [0.05, 0.1) is 6.07 Å². The molecule has 1 aliphatic rings. The topological polar surface area (TPSA) is 66.9 Å². The molecule has 0 heterocycles. The molecule has 0 aromatic rings. The number of nitrogens with two attached hydrogens (primary N) is 1. The molecule has 0 spiro atoms. The van der Waals surface area contributed by atoms with Gasteiger partial charge in [-0.1, -0.05) is 25.0 Å². The Morgan fingerprint density at radius 3 is 2.93 bits per heavy atom. The maximum atomic E-state index is 11.0. The van der Waals surface area contributed by atoms with E-state index in [4.69, 9.17) is 11.0 Å². The summed E-state index contributed by atoms with van der Waals surface area (Å²) < 4.78 is 0. The fourth-order valence-corrected chi connectivity index (χ4v) is 1.83. The average molecular weight is 192 g/mol. The van der Waals surface area contributed by atoms with Crippen LogP contribution in [-0.4, -0.2) is 5.91 Å². The van der Waals surface area contributed by atoms with Crippen molar-refractivity contribution in [2.45, 2.75) is 32.1 Å². The first-order chi connectivity index (χ1) is 6.75. The summed E-state index contributed by atoms with van der Waals surface area (Å²) in [6, 6.07) is 1.99. The molecule has 0 saturated heterocycles. The van der Waals surface area contributed by atoms with Crippen molar-refractivity contribution in [1.29, 1.82) is 5.26 Å². The van der Waals surface area contributed by atoms with Crippen molar-refractivity contribution in [1.82, 2.24) is 0 Å². The highest BCUT2D eigenvalue weighted by atomic mass is 16.1. The molecule has 2 unspecified atom stereocenters. The molecule has 0 aromatic heterocycles. The smallest absolute Gasteiger partial charge is 0.235 e. The first kappa shape index (κ1) is 10.8. The summed E-state index contributed by atoms with van der Waals surface area (Å²) in [4.78, 5) is 11.0. The van der Waals surface area contributed by atoms with E-state index in [1.54, 1.807) is 0 Å². The molecule has 0 bridgehead atoms. The third kappa shape index (κ3) is 2.88. The highest BCUT2D eigenvalue weighted by Gasteiger charge is 2.24. The summed E-state index contributed by atoms with van der Waals surface area (Å²) in [7, 11) is 0. The standard InChI is InChI=1S/C11H16N2O/c12-8-10(11(13)14)9-6-4-2-1-3-5-7-9/h4,6,9-10H,1-3,5,7H2,(H2,13,14)/b6-4-. The monoisotopic (exact) mass is 192 g/mol. The Kier molecular flexibility index (Phi) is 4.18. The molecular formula is C11H16N2O. The number of amides is 1. The Morgan fingerprint density at radius 2 is 2.29 bits per heavy atom. The van der Waals surface area contributed by atoms with E-state index in [1.807, 2.05) is 12.1 Å². The van der Waals surface area contributed by atoms with Gasteiger partial charge in [-0.15, -0.1) is 0 Å². The Balaban J connectivity index is 2.67. The number of hydrogen-bond donors (Lipinski definition) is 1. The van der Waals surface area contributed by atoms with E-state index in [9.17, 15) is 4.79 Å². The second-order valence-corrected chi connectivity index (χ2v) is 3.74. The van der Waals surface area contributed by atoms with Gasteiger partial charge in [0, 0.05) is 5.92 Å². The lowest BCUT2D eigenvalue weighted by Gasteiger charge is -2.17. The minimum atomic E-state index is -0.649. The lowest BCUT2D eigenvalue weighted by atomic mass is 9.86. The molecule has 3 nitrogen and oxygen atoms in total. The van der Waals surface area contributed by atoms with Crippen molar-refractivity contribution < 1.29 is 4.79 Å². The maximum absolute atomic E-state index is 11.0. The van der Waals surface area contributed by atoms with E-state index in [0.29, 0.717) is 0 Å². The highest BCUT2D eigenvalue weighted by molar-refractivity contribution is 5.79. The van der Waals surface area contributed by atoms with Crippen molar-refractivity contribution in [2.24, 2.45) is 17.6 Å². The van der Waals surface area contributed by atoms with E-state index in [2.05, 4.69) is 6.08 Å². The molecule has 0 aliphatic heterocycles. The zero-order valence-electron chi connectivity index (χ0n) is 8.28. The number of allylic oxidation sites excluding steroid dienone is 2. The van der Waals surface area contributed by atoms with Crippen molar-refractivity contribution in [3.8, 4) is 6.07 Å². The van der Waals surface area contributed by atoms with E-state index in [-0.39, 0.29) is 5.92 Å². The van der Waals surface area contributed by atoms with Gasteiger partial charge < -0.3 is 5.73 Å². The van der Waals surface area contributed by atoms with Crippen LogP contribution in [0.25, 0.3) is 0 Å². The first-order valence-corrected chi connectivity index (χ1v) is 5.11. The lowest BCUT2D eigenvalue weighted by molar-refractivity contribution is -0.121. The van der Waals surface area contributed by atoms with Crippen LogP contribution < -0.4 is 5.73 Å². The van der Waals surface area contributed by atoms with Gasteiger partial charge >= 0.3 is 0 Å². The number of nitriles is 1. The number of hydrogen-bond acceptors (Lipinski definition) is 2. The van der Waals surface area contributed by atoms with Crippen LogP contribution in [0.3, 0.4) is 0 Å². The van der Waals surface area contributed by atoms with E-state index < -0.39 is 11.8 Å². The molecule has 2 N–H and O–H groups in total. The van der Waals surface area contributed by atoms with Gasteiger partial charge in [-0.2, -0.15) is 5.26 Å². The Morgan fingerprint density at radius 1 is 1.50 bits per heavy atom. The predicted molar refractivity (Wildman–Crippen MR) is 54.0 cm³/mol. The quantitative estimate of drug-likeness (QED) is 0.677. The summed E-state index contributed by atoms with van der Waals surface area (Å²) >= 11 is 0. The van der Waals surface area contributed by atoms with Crippen molar-refractivity contribution in [3.63, 3.8) is 0 Å². The number of rotatable bonds is 2. The van der Waals surface area contributed by atoms with Crippen LogP contribution in [0.1, 0.15) is 32.1 Å². The molecule has 1 amide bonds. The van der Waals surface area contributed by atoms with E-state index >= 15 is 0 Å². The summed E-state index contributed by atoms with van der Waals surface area (Å²) in [5, 5.41) is 8.83. The summed E-state index contributed by atoms with van der Waals surface area (Å²) in [5.41, 5.74) is 5.17. The average Bonchev–Trinajstić information content (AvgIpc) is 2.08. The normalized spacial score (nSPS) is 26.6. The molecular weight excluding hydrogens is 176 g/mol. The maximum Gasteiger partial charge on any atom is 0.235 e. The van der Waals surface area contributed by atoms with Gasteiger partial charge in [0.25, 0.3) is 0 Å². The van der Waals surface area contributed by atoms with Crippen LogP contribution in [0.4, 0.5) is 0 Å². The van der Waals surface area contributed by atoms with Gasteiger partial charge in [-0.3, -0.25) is 4.79 Å². The SMILES string of the molecule is N#CC(C(N)=O)C1/C=C\CCCCC1. The van der Waals surface area contributed by atoms with Crippen molar-refractivity contribution >= 4 is 5.91 Å². The molecule has 0 saturated carbocycles. The molecule has 1 aliphatic carbocycles. The van der Waals surface area contributed by atoms with Gasteiger partial charge in [0.15, 0.2) is 0 Å². The number of primary amides is 1. The molecule has 76 valence electrons. The Bertz CT molecular complexity index is 265. The van der Waals surface area contributed by atoms with Crippen molar-refractivity contribution in [2.75, 3.05) is 0 Å². The number of carbonyl (C=O) groups is 1. The zero-order valence-corrected chi connectivity index (χ0v) is 8.28. The minimum Gasteiger partial charge on any atom is -0.369 e. The molecule has 2 atom stereocenters. The van der Waals surface area contributed by atoms with Crippen LogP contribution >= 0.6 is 0 Å². The first-order valence-electron chi connectivity index (χ1n) is 5.11. The van der Waals surface area contributed by atoms with Crippen LogP contribution in [0, 0.1) is 23.2 Å². The van der Waals surface area contributed by atoms with Crippen molar-refractivity contribution in [3.05, 3.63) is 12.2 Å². The van der Waals surface area contributed by atoms with Gasteiger partial charge in [0.2, 0.25) is 5.91 Å². The van der Waals surface area contributed by atoms with Crippen LogP contribution in [-0.2, 0) is 4.79 Å². The summed E-state index contributed by atoms with van der Waals surface area (Å²) in [6.45, 7) is 0. The lowest BCUT2D eigenvalue weighted by Crippen LogP contribution is -2.28. The highest BCUT2D eigenvalue weighted by Crippen LogP contribution is 2.23. The number of carbonyl (C=O) groups excluding carboxylic acids is 1. The molecule has 3 heteroatoms. The van der Waals surface area contributed by atoms with E-state index in [0.717, 1.165) is 19.3 Å². The molecule has 0 fully saturated rings. The Labute approximate surface area is 84.6 Å². The predicted octanol–water partition coefficient (Wildman–Crippen LogP) is 1.75. The van der Waals surface area contributed by atoms with Gasteiger partial charge in [0.1, 0.15) is 5.92 Å². The zero-order chi connectivity index (χ0) is 10.4. The fraction of sp³-hybridized carbons (Fsp3) is 0.636. The van der Waals surface area contributed by atoms with Gasteiger partial charge in [-0.05, 0) is 19.3 Å². The van der Waals surface area contributed by atoms with Crippen LogP contribution in [0.15, 0.2) is 12.2 Å². The third-order valence-corrected chi connectivity index (χ3v) is 2.67. The molecule has 1 rings (SSSR count). The number of nitrogens with zero attached hydrogens (tertiary/aromatic N) is 1. The second-order valence-electron chi connectivity index (χ2n) is 3.74. The molecule has 0 radical (unpaired) electrons. The summed E-state index contributed by atoms with van der Waals surface area (Å²) in [6.07, 6.45) is 9.47. The van der Waals surface area contributed by atoms with E-state index in [1.165, 1.54) is 12.8 Å². The largest absolute Gasteiger partial charge is 0.369 e. The van der Waals surface area contributed by atoms with Crippen LogP contribution in [0.2, 0.25) is 0 Å².